The summed E-state index contributed by atoms with van der Waals surface area (Å²) in [5.41, 5.74) is 8.31. The van der Waals surface area contributed by atoms with Crippen molar-refractivity contribution in [3.63, 3.8) is 0 Å². The van der Waals surface area contributed by atoms with Gasteiger partial charge < -0.3 is 10.6 Å². The number of likely N-dealkylation sites (tertiary alicyclic amines) is 1. The molecule has 0 saturated carbocycles. The summed E-state index contributed by atoms with van der Waals surface area (Å²) < 4.78 is 0. The Kier molecular flexibility index (Phi) is 5.62. The normalized spacial score (nSPS) is 22.0. The van der Waals surface area contributed by atoms with Crippen molar-refractivity contribution < 1.29 is 9.59 Å². The molecule has 2 atom stereocenters. The largest absolute Gasteiger partial charge is 0.339 e. The third kappa shape index (κ3) is 3.85. The van der Waals surface area contributed by atoms with Gasteiger partial charge in [0.05, 0.1) is 11.8 Å². The first-order valence-electron chi connectivity index (χ1n) is 10.1. The SMILES string of the molecule is CN1N=C2CCN(C(=O)C(N)Cc3ccc(Cl)cc3)CC2(Cc2ccccc2)C1=O. The smallest absolute Gasteiger partial charge is 0.256 e. The van der Waals surface area contributed by atoms with Crippen molar-refractivity contribution in [1.29, 1.82) is 0 Å². The first-order valence-corrected chi connectivity index (χ1v) is 10.5. The monoisotopic (exact) mass is 424 g/mol. The van der Waals surface area contributed by atoms with E-state index in [0.717, 1.165) is 16.8 Å². The Morgan fingerprint density at radius 2 is 1.87 bits per heavy atom. The van der Waals surface area contributed by atoms with Gasteiger partial charge >= 0.3 is 0 Å². The molecule has 0 spiro atoms. The van der Waals surface area contributed by atoms with Gasteiger partial charge in [-0.1, -0.05) is 54.1 Å². The minimum Gasteiger partial charge on any atom is -0.339 e. The molecule has 2 aliphatic rings. The van der Waals surface area contributed by atoms with Gasteiger partial charge in [-0.2, -0.15) is 5.10 Å². The zero-order valence-electron chi connectivity index (χ0n) is 16.9. The van der Waals surface area contributed by atoms with Crippen LogP contribution in [0, 0.1) is 5.41 Å². The van der Waals surface area contributed by atoms with E-state index < -0.39 is 11.5 Å². The van der Waals surface area contributed by atoms with Gasteiger partial charge in [0.25, 0.3) is 5.91 Å². The predicted octanol–water partition coefficient (Wildman–Crippen LogP) is 2.50. The Morgan fingerprint density at radius 3 is 2.57 bits per heavy atom. The fraction of sp³-hybridized carbons (Fsp3) is 0.348. The van der Waals surface area contributed by atoms with Gasteiger partial charge in [0.1, 0.15) is 5.41 Å². The number of benzene rings is 2. The third-order valence-electron chi connectivity index (χ3n) is 5.95. The van der Waals surface area contributed by atoms with Crippen LogP contribution in [0.2, 0.25) is 5.02 Å². The Morgan fingerprint density at radius 1 is 1.17 bits per heavy atom. The van der Waals surface area contributed by atoms with Crippen molar-refractivity contribution in [3.05, 3.63) is 70.7 Å². The zero-order valence-corrected chi connectivity index (χ0v) is 17.7. The van der Waals surface area contributed by atoms with Gasteiger partial charge in [-0.05, 0) is 36.1 Å². The number of carbonyl (C=O) groups excluding carboxylic acids is 2. The number of piperidine rings is 1. The molecule has 2 aromatic rings. The van der Waals surface area contributed by atoms with E-state index in [4.69, 9.17) is 17.3 Å². The van der Waals surface area contributed by atoms with Crippen molar-refractivity contribution in [2.24, 2.45) is 16.3 Å². The Hall–Kier alpha value is -2.70. The van der Waals surface area contributed by atoms with E-state index in [0.29, 0.717) is 37.4 Å². The van der Waals surface area contributed by atoms with Crippen LogP contribution < -0.4 is 5.73 Å². The quantitative estimate of drug-likeness (QED) is 0.800. The molecule has 1 fully saturated rings. The highest BCUT2D eigenvalue weighted by molar-refractivity contribution is 6.30. The number of fused-ring (bicyclic) bond motifs is 1. The summed E-state index contributed by atoms with van der Waals surface area (Å²) >= 11 is 5.94. The number of hydrogen-bond donors (Lipinski definition) is 1. The number of hydrogen-bond acceptors (Lipinski definition) is 4. The van der Waals surface area contributed by atoms with Gasteiger partial charge in [0.15, 0.2) is 0 Å². The van der Waals surface area contributed by atoms with Crippen molar-refractivity contribution in [1.82, 2.24) is 9.91 Å². The number of rotatable bonds is 5. The average Bonchev–Trinajstić information content (AvgIpc) is 2.99. The molecule has 6 nitrogen and oxygen atoms in total. The molecule has 2 N–H and O–H groups in total. The molecule has 4 rings (SSSR count). The second-order valence-corrected chi connectivity index (χ2v) is 8.50. The summed E-state index contributed by atoms with van der Waals surface area (Å²) in [6.07, 6.45) is 1.52. The van der Waals surface area contributed by atoms with Crippen molar-refractivity contribution in [3.8, 4) is 0 Å². The van der Waals surface area contributed by atoms with Gasteiger partial charge in [-0.3, -0.25) is 9.59 Å². The molecule has 0 bridgehead atoms. The minimum atomic E-state index is -0.815. The van der Waals surface area contributed by atoms with Crippen LogP contribution in [-0.2, 0) is 22.4 Å². The summed E-state index contributed by atoms with van der Waals surface area (Å²) in [4.78, 5) is 28.0. The van der Waals surface area contributed by atoms with Crippen LogP contribution in [0.25, 0.3) is 0 Å². The lowest BCUT2D eigenvalue weighted by molar-refractivity contribution is -0.140. The summed E-state index contributed by atoms with van der Waals surface area (Å²) in [5.74, 6) is -0.205. The number of carbonyl (C=O) groups is 2. The van der Waals surface area contributed by atoms with E-state index in [1.54, 1.807) is 24.1 Å². The van der Waals surface area contributed by atoms with Crippen LogP contribution >= 0.6 is 11.6 Å². The van der Waals surface area contributed by atoms with E-state index in [9.17, 15) is 9.59 Å². The molecule has 30 heavy (non-hydrogen) atoms. The number of hydrazone groups is 1. The number of nitrogens with two attached hydrogens (primary N) is 1. The third-order valence-corrected chi connectivity index (χ3v) is 6.20. The Bertz CT molecular complexity index is 976. The van der Waals surface area contributed by atoms with Crippen molar-refractivity contribution >= 4 is 29.1 Å². The van der Waals surface area contributed by atoms with E-state index in [1.807, 2.05) is 42.5 Å². The molecule has 1 saturated heterocycles. The highest BCUT2D eigenvalue weighted by Gasteiger charge is 2.53. The Balaban J connectivity index is 1.54. The minimum absolute atomic E-state index is 0.0647. The highest BCUT2D eigenvalue weighted by atomic mass is 35.5. The first-order chi connectivity index (χ1) is 14.4. The molecule has 2 amide bonds. The van der Waals surface area contributed by atoms with E-state index >= 15 is 0 Å². The van der Waals surface area contributed by atoms with Crippen molar-refractivity contribution in [2.75, 3.05) is 20.1 Å². The van der Waals surface area contributed by atoms with Crippen LogP contribution in [0.1, 0.15) is 17.5 Å². The first kappa shape index (κ1) is 20.6. The summed E-state index contributed by atoms with van der Waals surface area (Å²) in [7, 11) is 1.68. The topological polar surface area (TPSA) is 79.0 Å². The van der Waals surface area contributed by atoms with Crippen LogP contribution in [0.3, 0.4) is 0 Å². The standard InChI is InChI=1S/C23H25ClN4O2/c1-27-22(30)23(14-17-5-3-2-4-6-17)15-28(12-11-20(23)26-27)21(29)19(25)13-16-7-9-18(24)10-8-16/h2-10,19H,11-15,25H2,1H3. The van der Waals surface area contributed by atoms with Crippen molar-refractivity contribution in [2.45, 2.75) is 25.3 Å². The molecule has 2 unspecified atom stereocenters. The van der Waals surface area contributed by atoms with Gasteiger partial charge in [-0.15, -0.1) is 0 Å². The molecule has 7 heteroatoms. The van der Waals surface area contributed by atoms with Crippen LogP contribution in [0.5, 0.6) is 0 Å². The molecule has 0 radical (unpaired) electrons. The molecule has 156 valence electrons. The molecular formula is C23H25ClN4O2. The highest BCUT2D eigenvalue weighted by Crippen LogP contribution is 2.38. The second-order valence-electron chi connectivity index (χ2n) is 8.07. The molecular weight excluding hydrogens is 400 g/mol. The summed E-state index contributed by atoms with van der Waals surface area (Å²) in [5, 5.41) is 6.56. The summed E-state index contributed by atoms with van der Waals surface area (Å²) in [6.45, 7) is 0.820. The lowest BCUT2D eigenvalue weighted by Crippen LogP contribution is -2.58. The Labute approximate surface area is 181 Å². The fourth-order valence-electron chi connectivity index (χ4n) is 4.41. The van der Waals surface area contributed by atoms with Gasteiger partial charge in [0, 0.05) is 31.6 Å². The lowest BCUT2D eigenvalue weighted by atomic mass is 9.73. The van der Waals surface area contributed by atoms with Gasteiger partial charge in [0.2, 0.25) is 5.91 Å². The zero-order chi connectivity index (χ0) is 21.3. The molecule has 2 heterocycles. The average molecular weight is 425 g/mol. The second kappa shape index (κ2) is 8.20. The van der Waals surface area contributed by atoms with Crippen LogP contribution in [0.4, 0.5) is 0 Å². The maximum absolute atomic E-state index is 13.2. The number of halogens is 1. The molecule has 0 aromatic heterocycles. The van der Waals surface area contributed by atoms with Gasteiger partial charge in [-0.25, -0.2) is 5.01 Å². The molecule has 2 aromatic carbocycles. The number of amides is 2. The maximum Gasteiger partial charge on any atom is 0.256 e. The lowest BCUT2D eigenvalue weighted by Gasteiger charge is -2.40. The van der Waals surface area contributed by atoms with Crippen LogP contribution in [0.15, 0.2) is 59.7 Å². The summed E-state index contributed by atoms with van der Waals surface area (Å²) in [6, 6.07) is 16.5. The van der Waals surface area contributed by atoms with Crippen LogP contribution in [-0.4, -0.2) is 53.6 Å². The predicted molar refractivity (Wildman–Crippen MR) is 117 cm³/mol. The van der Waals surface area contributed by atoms with E-state index in [-0.39, 0.29) is 11.8 Å². The van der Waals surface area contributed by atoms with E-state index in [1.165, 1.54) is 5.01 Å². The van der Waals surface area contributed by atoms with E-state index in [2.05, 4.69) is 5.10 Å². The molecule has 0 aliphatic carbocycles. The maximum atomic E-state index is 13.2. The number of nitrogens with zero attached hydrogens (tertiary/aromatic N) is 3. The fourth-order valence-corrected chi connectivity index (χ4v) is 4.54. The molecule has 2 aliphatic heterocycles.